The fourth-order valence-electron chi connectivity index (χ4n) is 2.08. The van der Waals surface area contributed by atoms with E-state index in [0.717, 1.165) is 5.56 Å². The molecule has 0 aliphatic rings. The van der Waals surface area contributed by atoms with Gasteiger partial charge in [0.1, 0.15) is 15.5 Å². The van der Waals surface area contributed by atoms with Crippen LogP contribution in [0.25, 0.3) is 0 Å². The van der Waals surface area contributed by atoms with E-state index in [1.807, 2.05) is 6.92 Å². The van der Waals surface area contributed by atoms with Gasteiger partial charge in [-0.1, -0.05) is 17.7 Å². The van der Waals surface area contributed by atoms with Crippen LogP contribution in [0, 0.1) is 21.0 Å². The van der Waals surface area contributed by atoms with Crippen molar-refractivity contribution in [2.24, 2.45) is 0 Å². The predicted molar refractivity (Wildman–Crippen MR) is 105 cm³/mol. The van der Waals surface area contributed by atoms with E-state index in [4.69, 9.17) is 4.18 Å². The lowest BCUT2D eigenvalue weighted by molar-refractivity contribution is 0.480. The summed E-state index contributed by atoms with van der Waals surface area (Å²) in [7, 11) is -8.47. The van der Waals surface area contributed by atoms with Crippen LogP contribution in [-0.2, 0) is 20.2 Å². The first-order valence-corrected chi connectivity index (χ1v) is 11.4. The van der Waals surface area contributed by atoms with Crippen molar-refractivity contribution < 1.29 is 25.6 Å². The van der Waals surface area contributed by atoms with E-state index in [1.54, 1.807) is 64.2 Å². The fraction of sp³-hybridized carbons (Fsp3) is 0.143. The van der Waals surface area contributed by atoms with Gasteiger partial charge in [0.2, 0.25) is 0 Å². The van der Waals surface area contributed by atoms with Crippen molar-refractivity contribution in [1.82, 2.24) is 0 Å². The molecule has 0 atom stereocenters. The number of hydrogen-bond donors (Lipinski definition) is 1. The molecule has 0 aliphatic carbocycles. The van der Waals surface area contributed by atoms with E-state index in [1.165, 1.54) is 18.2 Å². The molecule has 0 fully saturated rings. The van der Waals surface area contributed by atoms with E-state index >= 15 is 0 Å². The maximum Gasteiger partial charge on any atom is 0.339 e. The normalized spacial score (nSPS) is 12.2. The standard InChI is InChI=1S/C14H12I2O6S2/c1-8-3-4-13(9(2)5-8)24(20,21)22-10-6-11(15)14(12(16)7-10)23(17,18)19/h3-7H,1-2H3,(H,17,18,19). The van der Waals surface area contributed by atoms with Gasteiger partial charge >= 0.3 is 10.1 Å². The summed E-state index contributed by atoms with van der Waals surface area (Å²) in [5, 5.41) is 0. The smallest absolute Gasteiger partial charge is 0.339 e. The SMILES string of the molecule is Cc1ccc(S(=O)(=O)Oc2cc(I)c(S(=O)(=O)O)c(I)c2)c(C)c1. The highest BCUT2D eigenvalue weighted by Crippen LogP contribution is 2.31. The van der Waals surface area contributed by atoms with Crippen LogP contribution in [0.4, 0.5) is 0 Å². The maximum absolute atomic E-state index is 12.4. The van der Waals surface area contributed by atoms with Crippen LogP contribution in [0.5, 0.6) is 5.75 Å². The lowest BCUT2D eigenvalue weighted by Gasteiger charge is -2.12. The van der Waals surface area contributed by atoms with Crippen LogP contribution in [0.3, 0.4) is 0 Å². The first-order chi connectivity index (χ1) is 10.9. The number of rotatable bonds is 4. The minimum Gasteiger partial charge on any atom is -0.379 e. The Morgan fingerprint density at radius 3 is 1.96 bits per heavy atom. The van der Waals surface area contributed by atoms with Gasteiger partial charge in [-0.3, -0.25) is 4.55 Å². The van der Waals surface area contributed by atoms with E-state index < -0.39 is 20.2 Å². The zero-order chi connectivity index (χ0) is 18.3. The van der Waals surface area contributed by atoms with Gasteiger partial charge in [0, 0.05) is 7.14 Å². The van der Waals surface area contributed by atoms with E-state index in [2.05, 4.69) is 0 Å². The van der Waals surface area contributed by atoms with Crippen LogP contribution in [0.1, 0.15) is 11.1 Å². The summed E-state index contributed by atoms with van der Waals surface area (Å²) in [5.74, 6) is -0.0313. The highest BCUT2D eigenvalue weighted by atomic mass is 127. The van der Waals surface area contributed by atoms with Crippen LogP contribution >= 0.6 is 45.2 Å². The van der Waals surface area contributed by atoms with Gasteiger partial charge in [0.15, 0.2) is 0 Å². The molecule has 130 valence electrons. The Bertz CT molecular complexity index is 991. The third kappa shape index (κ3) is 4.39. The molecule has 0 spiro atoms. The summed E-state index contributed by atoms with van der Waals surface area (Å²) >= 11 is 3.39. The third-order valence-corrected chi connectivity index (χ3v) is 7.83. The van der Waals surface area contributed by atoms with Gasteiger partial charge in [-0.05, 0) is 82.8 Å². The molecule has 0 amide bonds. The summed E-state index contributed by atoms with van der Waals surface area (Å²) in [5.41, 5.74) is 1.47. The van der Waals surface area contributed by atoms with E-state index in [9.17, 15) is 21.4 Å². The van der Waals surface area contributed by atoms with Crippen molar-refractivity contribution in [3.63, 3.8) is 0 Å². The lowest BCUT2D eigenvalue weighted by Crippen LogP contribution is -2.12. The maximum atomic E-state index is 12.4. The Balaban J connectivity index is 2.48. The summed E-state index contributed by atoms with van der Waals surface area (Å²) in [6, 6.07) is 7.34. The molecule has 2 aromatic rings. The van der Waals surface area contributed by atoms with Crippen molar-refractivity contribution in [1.29, 1.82) is 0 Å². The van der Waals surface area contributed by atoms with Crippen molar-refractivity contribution >= 4 is 65.4 Å². The molecule has 0 heterocycles. The molecule has 0 saturated heterocycles. The van der Waals surface area contributed by atoms with Gasteiger partial charge in [-0.25, -0.2) is 0 Å². The Morgan fingerprint density at radius 1 is 0.958 bits per heavy atom. The average molecular weight is 594 g/mol. The monoisotopic (exact) mass is 594 g/mol. The molecule has 0 bridgehead atoms. The molecular weight excluding hydrogens is 582 g/mol. The first-order valence-electron chi connectivity index (χ1n) is 6.40. The largest absolute Gasteiger partial charge is 0.379 e. The van der Waals surface area contributed by atoms with Crippen molar-refractivity contribution in [3.05, 3.63) is 48.6 Å². The zero-order valence-corrected chi connectivity index (χ0v) is 18.4. The fourth-order valence-corrected chi connectivity index (χ4v) is 7.20. The van der Waals surface area contributed by atoms with Gasteiger partial charge < -0.3 is 4.18 Å². The Labute approximate surface area is 167 Å². The van der Waals surface area contributed by atoms with Crippen molar-refractivity contribution in [2.45, 2.75) is 23.6 Å². The molecular formula is C14H12I2O6S2. The van der Waals surface area contributed by atoms with Crippen LogP contribution in [-0.4, -0.2) is 21.4 Å². The van der Waals surface area contributed by atoms with Gasteiger partial charge in [0.25, 0.3) is 10.1 Å². The summed E-state index contributed by atoms with van der Waals surface area (Å²) in [4.78, 5) is -0.239. The lowest BCUT2D eigenvalue weighted by atomic mass is 10.2. The zero-order valence-electron chi connectivity index (χ0n) is 12.4. The van der Waals surface area contributed by atoms with E-state index in [0.29, 0.717) is 5.56 Å². The molecule has 0 unspecified atom stereocenters. The van der Waals surface area contributed by atoms with E-state index in [-0.39, 0.29) is 22.7 Å². The Hall–Kier alpha value is -0.440. The Kier molecular flexibility index (Phi) is 5.84. The molecule has 0 aliphatic heterocycles. The molecule has 0 radical (unpaired) electrons. The topological polar surface area (TPSA) is 97.7 Å². The van der Waals surface area contributed by atoms with Gasteiger partial charge in [0.05, 0.1) is 0 Å². The minimum absolute atomic E-state index is 0.0313. The second-order valence-electron chi connectivity index (χ2n) is 5.00. The number of aryl methyl sites for hydroxylation is 2. The van der Waals surface area contributed by atoms with Crippen LogP contribution < -0.4 is 4.18 Å². The molecule has 0 saturated carbocycles. The van der Waals surface area contributed by atoms with Crippen LogP contribution in [0.15, 0.2) is 40.1 Å². The summed E-state index contributed by atoms with van der Waals surface area (Å²) < 4.78 is 62.3. The molecule has 1 N–H and O–H groups in total. The van der Waals surface area contributed by atoms with Gasteiger partial charge in [-0.2, -0.15) is 16.8 Å². The second kappa shape index (κ2) is 7.05. The molecule has 6 nitrogen and oxygen atoms in total. The molecule has 0 aromatic heterocycles. The summed E-state index contributed by atoms with van der Waals surface area (Å²) in [6.45, 7) is 3.52. The quantitative estimate of drug-likeness (QED) is 0.331. The molecule has 2 aromatic carbocycles. The average Bonchev–Trinajstić information content (AvgIpc) is 2.34. The minimum atomic E-state index is -4.41. The van der Waals surface area contributed by atoms with Crippen molar-refractivity contribution in [2.75, 3.05) is 0 Å². The molecule has 10 heteroatoms. The van der Waals surface area contributed by atoms with Crippen LogP contribution in [0.2, 0.25) is 0 Å². The second-order valence-corrected chi connectivity index (χ2v) is 10.2. The highest BCUT2D eigenvalue weighted by Gasteiger charge is 2.23. The number of halogens is 2. The van der Waals surface area contributed by atoms with Crippen molar-refractivity contribution in [3.8, 4) is 5.75 Å². The Morgan fingerprint density at radius 2 is 1.50 bits per heavy atom. The third-order valence-electron chi connectivity index (χ3n) is 3.04. The number of benzene rings is 2. The highest BCUT2D eigenvalue weighted by molar-refractivity contribution is 14.1. The summed E-state index contributed by atoms with van der Waals surface area (Å²) in [6.07, 6.45) is 0. The molecule has 2 rings (SSSR count). The predicted octanol–water partition coefficient (Wildman–Crippen LogP) is 3.53. The molecule has 24 heavy (non-hydrogen) atoms. The number of hydrogen-bond acceptors (Lipinski definition) is 5. The first kappa shape index (κ1) is 19.9. The van der Waals surface area contributed by atoms with Gasteiger partial charge in [-0.15, -0.1) is 0 Å².